The van der Waals surface area contributed by atoms with Crippen LogP contribution in [0.25, 0.3) is 0 Å². The van der Waals surface area contributed by atoms with Gasteiger partial charge in [-0.05, 0) is 5.41 Å². The van der Waals surface area contributed by atoms with Gasteiger partial charge in [-0.3, -0.25) is 10.4 Å². The van der Waals surface area contributed by atoms with Gasteiger partial charge in [-0.15, -0.1) is 0 Å². The molecule has 16 heavy (non-hydrogen) atoms. The van der Waals surface area contributed by atoms with Crippen molar-refractivity contribution < 1.29 is 4.79 Å². The number of guanidine groups is 1. The van der Waals surface area contributed by atoms with Crippen molar-refractivity contribution >= 4 is 12.2 Å². The van der Waals surface area contributed by atoms with Crippen LogP contribution in [0.1, 0.15) is 41.5 Å². The number of hydrogen-bond acceptors (Lipinski definition) is 3. The Hall–Kier alpha value is -1.10. The molecular formula is C11H28N4O. The van der Waals surface area contributed by atoms with Crippen LogP contribution in [0, 0.1) is 11.3 Å². The molecule has 0 saturated carbocycles. The van der Waals surface area contributed by atoms with Gasteiger partial charge in [-0.25, -0.2) is 5.84 Å². The fourth-order valence-electron chi connectivity index (χ4n) is 0.269. The zero-order chi connectivity index (χ0) is 13.8. The van der Waals surface area contributed by atoms with Gasteiger partial charge in [0.05, 0.1) is 0 Å². The summed E-state index contributed by atoms with van der Waals surface area (Å²) >= 11 is 0. The van der Waals surface area contributed by atoms with Crippen molar-refractivity contribution in [3.63, 3.8) is 0 Å². The molecule has 0 spiro atoms. The maximum atomic E-state index is 10.2. The molecule has 1 unspecified atom stereocenters. The summed E-state index contributed by atoms with van der Waals surface area (Å²) in [5.74, 6) is 5.19. The molecule has 5 nitrogen and oxygen atoms in total. The number of hydrogen-bond donors (Lipinski definition) is 3. The maximum Gasteiger partial charge on any atom is 0.202 e. The Kier molecular flexibility index (Phi) is 15.2. The quantitative estimate of drug-likeness (QED) is 0.209. The number of carbonyl (C=O) groups excluding carboxylic acids is 1. The standard InChI is InChI=1S/C7H14O.C2H8N4.C2H6/c1-6(5-8)7(2,3)4;1-5-2(3)6-4;1-2/h5-6H,1-4H3;4H2,1H3,(H3,3,5,6);1-2H3. The molecule has 0 bridgehead atoms. The van der Waals surface area contributed by atoms with E-state index < -0.39 is 0 Å². The predicted molar refractivity (Wildman–Crippen MR) is 70.9 cm³/mol. The fraction of sp³-hybridized carbons (Fsp3) is 0.818. The first-order chi connectivity index (χ1) is 7.29. The van der Waals surface area contributed by atoms with E-state index in [1.165, 1.54) is 0 Å². The highest BCUT2D eigenvalue weighted by Crippen LogP contribution is 2.22. The average molecular weight is 232 g/mol. The molecule has 0 aliphatic heterocycles. The molecule has 0 rings (SSSR count). The van der Waals surface area contributed by atoms with Crippen LogP contribution in [0.15, 0.2) is 4.99 Å². The van der Waals surface area contributed by atoms with Crippen LogP contribution in [-0.2, 0) is 4.79 Å². The second-order valence-electron chi connectivity index (χ2n) is 4.04. The largest absolute Gasteiger partial charge is 0.369 e. The number of nitrogens with zero attached hydrogens (tertiary/aromatic N) is 1. The molecule has 0 amide bonds. The number of aldehydes is 1. The molecule has 0 aromatic carbocycles. The van der Waals surface area contributed by atoms with Crippen molar-refractivity contribution in [1.82, 2.24) is 5.43 Å². The van der Waals surface area contributed by atoms with Gasteiger partial charge in [0.25, 0.3) is 0 Å². The van der Waals surface area contributed by atoms with Crippen molar-refractivity contribution in [2.24, 2.45) is 27.9 Å². The second-order valence-corrected chi connectivity index (χ2v) is 4.04. The van der Waals surface area contributed by atoms with Crippen LogP contribution in [0.4, 0.5) is 0 Å². The molecule has 0 heterocycles. The van der Waals surface area contributed by atoms with Gasteiger partial charge in [0.2, 0.25) is 5.96 Å². The summed E-state index contributed by atoms with van der Waals surface area (Å²) in [5, 5.41) is 0. The maximum absolute atomic E-state index is 10.2. The van der Waals surface area contributed by atoms with Gasteiger partial charge in [0.1, 0.15) is 6.29 Å². The summed E-state index contributed by atoms with van der Waals surface area (Å²) in [6, 6.07) is 0. The summed E-state index contributed by atoms with van der Waals surface area (Å²) in [5.41, 5.74) is 7.27. The van der Waals surface area contributed by atoms with E-state index in [-0.39, 0.29) is 17.3 Å². The molecule has 1 atom stereocenters. The zero-order valence-electron chi connectivity index (χ0n) is 11.7. The van der Waals surface area contributed by atoms with Crippen LogP contribution < -0.4 is 17.0 Å². The van der Waals surface area contributed by atoms with Gasteiger partial charge in [0.15, 0.2) is 0 Å². The van der Waals surface area contributed by atoms with Crippen molar-refractivity contribution in [1.29, 1.82) is 0 Å². The molecule has 0 aromatic heterocycles. The number of carbonyl (C=O) groups is 1. The van der Waals surface area contributed by atoms with Crippen LogP contribution in [0.2, 0.25) is 0 Å². The molecule has 0 saturated heterocycles. The Balaban J connectivity index is -0.000000188. The van der Waals surface area contributed by atoms with E-state index in [9.17, 15) is 4.79 Å². The lowest BCUT2D eigenvalue weighted by atomic mass is 9.83. The van der Waals surface area contributed by atoms with Gasteiger partial charge in [-0.2, -0.15) is 0 Å². The third-order valence-electron chi connectivity index (χ3n) is 1.96. The molecular weight excluding hydrogens is 204 g/mol. The summed E-state index contributed by atoms with van der Waals surface area (Å²) in [6.07, 6.45) is 1.00. The van der Waals surface area contributed by atoms with Gasteiger partial charge < -0.3 is 10.5 Å². The SMILES string of the molecule is CC.CC(C=O)C(C)(C)C.CN=C(N)NN. The number of aliphatic imine (C=N–C) groups is 1. The van der Waals surface area contributed by atoms with Crippen LogP contribution in [-0.4, -0.2) is 19.3 Å². The summed E-state index contributed by atoms with van der Waals surface area (Å²) < 4.78 is 0. The van der Waals surface area contributed by atoms with Gasteiger partial charge in [-0.1, -0.05) is 41.5 Å². The highest BCUT2D eigenvalue weighted by atomic mass is 16.1. The van der Waals surface area contributed by atoms with E-state index >= 15 is 0 Å². The lowest BCUT2D eigenvalue weighted by Gasteiger charge is -2.21. The Morgan fingerprint density at radius 2 is 1.75 bits per heavy atom. The smallest absolute Gasteiger partial charge is 0.202 e. The molecule has 0 fully saturated rings. The van der Waals surface area contributed by atoms with Crippen LogP contribution >= 0.6 is 0 Å². The average Bonchev–Trinajstić information content (AvgIpc) is 2.29. The number of rotatable bonds is 1. The van der Waals surface area contributed by atoms with Crippen molar-refractivity contribution in [3.8, 4) is 0 Å². The Morgan fingerprint density at radius 1 is 1.38 bits per heavy atom. The predicted octanol–water partition coefficient (Wildman–Crippen LogP) is 1.29. The Morgan fingerprint density at radius 3 is 1.75 bits per heavy atom. The first kappa shape index (κ1) is 20.3. The van der Waals surface area contributed by atoms with Gasteiger partial charge in [0, 0.05) is 13.0 Å². The topological polar surface area (TPSA) is 93.5 Å². The molecule has 0 aliphatic carbocycles. The van der Waals surface area contributed by atoms with E-state index in [1.807, 2.05) is 20.8 Å². The second kappa shape index (κ2) is 12.0. The Labute approximate surface area is 99.7 Å². The van der Waals surface area contributed by atoms with Crippen molar-refractivity contribution in [2.75, 3.05) is 7.05 Å². The number of nitrogens with two attached hydrogens (primary N) is 2. The van der Waals surface area contributed by atoms with E-state index in [0.717, 1.165) is 6.29 Å². The minimum Gasteiger partial charge on any atom is -0.369 e. The highest BCUT2D eigenvalue weighted by molar-refractivity contribution is 5.76. The number of nitrogens with one attached hydrogen (secondary N) is 1. The summed E-state index contributed by atoms with van der Waals surface area (Å²) in [6.45, 7) is 12.1. The first-order valence-electron chi connectivity index (χ1n) is 5.43. The van der Waals surface area contributed by atoms with Crippen LogP contribution in [0.3, 0.4) is 0 Å². The Bertz CT molecular complexity index is 185. The first-order valence-corrected chi connectivity index (χ1v) is 5.43. The van der Waals surface area contributed by atoms with E-state index in [4.69, 9.17) is 11.6 Å². The monoisotopic (exact) mass is 232 g/mol. The zero-order valence-corrected chi connectivity index (χ0v) is 11.7. The minimum atomic E-state index is 0.141. The van der Waals surface area contributed by atoms with Gasteiger partial charge >= 0.3 is 0 Å². The van der Waals surface area contributed by atoms with Crippen molar-refractivity contribution in [3.05, 3.63) is 0 Å². The van der Waals surface area contributed by atoms with E-state index in [2.05, 4.69) is 31.2 Å². The molecule has 0 aliphatic rings. The molecule has 0 aromatic rings. The summed E-state index contributed by atoms with van der Waals surface area (Å²) in [7, 11) is 1.55. The van der Waals surface area contributed by atoms with Crippen molar-refractivity contribution in [2.45, 2.75) is 41.5 Å². The third-order valence-corrected chi connectivity index (χ3v) is 1.96. The third kappa shape index (κ3) is 15.4. The minimum absolute atomic E-state index is 0.141. The molecule has 98 valence electrons. The van der Waals surface area contributed by atoms with E-state index in [1.54, 1.807) is 7.05 Å². The van der Waals surface area contributed by atoms with E-state index in [0.29, 0.717) is 0 Å². The fourth-order valence-corrected chi connectivity index (χ4v) is 0.269. The molecule has 5 N–H and O–H groups in total. The molecule has 5 heteroatoms. The summed E-state index contributed by atoms with van der Waals surface area (Å²) in [4.78, 5) is 13.6. The lowest BCUT2D eigenvalue weighted by molar-refractivity contribution is -0.113. The lowest BCUT2D eigenvalue weighted by Crippen LogP contribution is -2.36. The van der Waals surface area contributed by atoms with Crippen LogP contribution in [0.5, 0.6) is 0 Å². The number of hydrazine groups is 1. The normalized spacial score (nSPS) is 12.4. The molecule has 0 radical (unpaired) electrons. The highest BCUT2D eigenvalue weighted by Gasteiger charge is 2.18.